The highest BCUT2D eigenvalue weighted by atomic mass is 19.1. The van der Waals surface area contributed by atoms with Gasteiger partial charge in [0, 0.05) is 24.0 Å². The molecular formula is C24H30FN3O2. The summed E-state index contributed by atoms with van der Waals surface area (Å²) in [6.45, 7) is -0.586. The molecule has 1 heterocycles. The van der Waals surface area contributed by atoms with Crippen molar-refractivity contribution in [3.05, 3.63) is 34.9 Å². The van der Waals surface area contributed by atoms with E-state index < -0.39 is 18.5 Å². The maximum Gasteiger partial charge on any atom is 0.250 e. The average Bonchev–Trinajstić information content (AvgIpc) is 3.51. The molecule has 2 saturated carbocycles. The molecule has 5 nitrogen and oxygen atoms in total. The normalized spacial score (nSPS) is 35.0. The van der Waals surface area contributed by atoms with Gasteiger partial charge in [0.2, 0.25) is 0 Å². The van der Waals surface area contributed by atoms with Crippen LogP contribution in [0, 0.1) is 23.2 Å². The third-order valence-electron chi connectivity index (χ3n) is 7.67. The number of carbonyl (C=O) groups excluding carboxylic acids is 1. The van der Waals surface area contributed by atoms with Gasteiger partial charge in [0.25, 0.3) is 5.91 Å². The standard InChI is InChI=1S/C24H30FN3O2/c1-30-19-8-10-23(11-9-19)15-18-7-6-17(5-4-16-2-3-16)14-20(18)24(23)21(29)28(13-12-25)22(26)27-24/h6-7,14,16,19,22,27H,2-3,8-13,15,26H2,1H3. The number of fused-ring (bicyclic) bond motifs is 3. The number of hydrogen-bond acceptors (Lipinski definition) is 4. The van der Waals surface area contributed by atoms with E-state index >= 15 is 0 Å². The van der Waals surface area contributed by atoms with Gasteiger partial charge >= 0.3 is 0 Å². The molecule has 160 valence electrons. The molecule has 1 aliphatic heterocycles. The first-order chi connectivity index (χ1) is 14.5. The minimum atomic E-state index is -0.910. The Morgan fingerprint density at radius 1 is 1.30 bits per heavy atom. The molecule has 1 amide bonds. The lowest BCUT2D eigenvalue weighted by molar-refractivity contribution is -0.139. The van der Waals surface area contributed by atoms with Gasteiger partial charge in [0.15, 0.2) is 0 Å². The van der Waals surface area contributed by atoms with Gasteiger partial charge in [-0.15, -0.1) is 0 Å². The fourth-order valence-corrected chi connectivity index (χ4v) is 5.89. The number of benzene rings is 1. The summed E-state index contributed by atoms with van der Waals surface area (Å²) in [5.41, 5.74) is 8.26. The zero-order valence-corrected chi connectivity index (χ0v) is 17.5. The van der Waals surface area contributed by atoms with E-state index in [4.69, 9.17) is 10.5 Å². The molecular weight excluding hydrogens is 381 g/mol. The van der Waals surface area contributed by atoms with Crippen LogP contribution in [-0.4, -0.2) is 43.5 Å². The maximum atomic E-state index is 13.9. The molecule has 3 N–H and O–H groups in total. The van der Waals surface area contributed by atoms with E-state index in [1.54, 1.807) is 7.11 Å². The summed E-state index contributed by atoms with van der Waals surface area (Å²) < 4.78 is 18.8. The van der Waals surface area contributed by atoms with Crippen LogP contribution in [0.25, 0.3) is 0 Å². The second-order valence-electron chi connectivity index (χ2n) is 9.33. The Labute approximate surface area is 177 Å². The summed E-state index contributed by atoms with van der Waals surface area (Å²) in [5.74, 6) is 7.05. The van der Waals surface area contributed by atoms with E-state index in [1.807, 2.05) is 0 Å². The third-order valence-corrected chi connectivity index (χ3v) is 7.67. The van der Waals surface area contributed by atoms with E-state index in [2.05, 4.69) is 35.4 Å². The molecule has 1 saturated heterocycles. The summed E-state index contributed by atoms with van der Waals surface area (Å²) in [7, 11) is 1.75. The molecule has 1 aromatic rings. The van der Waals surface area contributed by atoms with Gasteiger partial charge in [-0.25, -0.2) is 4.39 Å². The number of nitrogens with zero attached hydrogens (tertiary/aromatic N) is 1. The second-order valence-corrected chi connectivity index (χ2v) is 9.33. The number of nitrogens with one attached hydrogen (secondary N) is 1. The van der Waals surface area contributed by atoms with Crippen LogP contribution in [-0.2, 0) is 21.5 Å². The molecule has 0 bridgehead atoms. The summed E-state index contributed by atoms with van der Waals surface area (Å²) in [5, 5.41) is 3.47. The van der Waals surface area contributed by atoms with Gasteiger partial charge in [0.05, 0.1) is 12.6 Å². The first-order valence-corrected chi connectivity index (χ1v) is 11.1. The van der Waals surface area contributed by atoms with Crippen LogP contribution in [0.2, 0.25) is 0 Å². The smallest absolute Gasteiger partial charge is 0.250 e. The molecule has 4 aliphatic rings. The van der Waals surface area contributed by atoms with Gasteiger partial charge in [-0.1, -0.05) is 17.9 Å². The van der Waals surface area contributed by atoms with Crippen molar-refractivity contribution in [2.45, 2.75) is 62.9 Å². The van der Waals surface area contributed by atoms with Gasteiger partial charge in [0.1, 0.15) is 18.5 Å². The molecule has 1 aromatic carbocycles. The van der Waals surface area contributed by atoms with E-state index in [9.17, 15) is 9.18 Å². The summed E-state index contributed by atoms with van der Waals surface area (Å²) in [4.78, 5) is 15.3. The van der Waals surface area contributed by atoms with Gasteiger partial charge < -0.3 is 9.64 Å². The van der Waals surface area contributed by atoms with E-state index in [0.29, 0.717) is 5.92 Å². The number of methoxy groups -OCH3 is 1. The zero-order chi connectivity index (χ0) is 20.9. The number of carbonyl (C=O) groups is 1. The highest BCUT2D eigenvalue weighted by Gasteiger charge is 2.67. The number of amides is 1. The number of nitrogens with two attached hydrogens (primary N) is 1. The molecule has 0 radical (unpaired) electrons. The van der Waals surface area contributed by atoms with Gasteiger partial charge in [-0.2, -0.15) is 0 Å². The number of ether oxygens (including phenoxy) is 1. The van der Waals surface area contributed by atoms with Crippen molar-refractivity contribution in [2.24, 2.45) is 17.1 Å². The molecule has 3 aliphatic carbocycles. The maximum absolute atomic E-state index is 13.9. The molecule has 30 heavy (non-hydrogen) atoms. The Bertz CT molecular complexity index is 911. The summed E-state index contributed by atoms with van der Waals surface area (Å²) >= 11 is 0. The number of halogens is 1. The SMILES string of the molecule is COC1CCC2(CC1)Cc1ccc(C#CC3CC3)cc1C21NC(N)N(CCF)C1=O. The number of rotatable bonds is 3. The Balaban J connectivity index is 1.60. The van der Waals surface area contributed by atoms with Crippen LogP contribution < -0.4 is 11.1 Å². The van der Waals surface area contributed by atoms with E-state index in [1.165, 1.54) is 23.3 Å². The molecule has 6 heteroatoms. The lowest BCUT2D eigenvalue weighted by Crippen LogP contribution is -2.57. The van der Waals surface area contributed by atoms with Crippen LogP contribution in [0.15, 0.2) is 18.2 Å². The lowest BCUT2D eigenvalue weighted by Gasteiger charge is -2.46. The van der Waals surface area contributed by atoms with E-state index in [-0.39, 0.29) is 24.0 Å². The first kappa shape index (κ1) is 20.0. The molecule has 2 unspecified atom stereocenters. The van der Waals surface area contributed by atoms with Crippen molar-refractivity contribution in [2.75, 3.05) is 20.3 Å². The fourth-order valence-electron chi connectivity index (χ4n) is 5.89. The third kappa shape index (κ3) is 2.90. The predicted octanol–water partition coefficient (Wildman–Crippen LogP) is 2.42. The minimum absolute atomic E-state index is 0.0159. The average molecular weight is 412 g/mol. The molecule has 2 spiro atoms. The predicted molar refractivity (Wildman–Crippen MR) is 112 cm³/mol. The van der Waals surface area contributed by atoms with Crippen molar-refractivity contribution in [3.63, 3.8) is 0 Å². The van der Waals surface area contributed by atoms with Crippen LogP contribution in [0.1, 0.15) is 55.2 Å². The van der Waals surface area contributed by atoms with Crippen molar-refractivity contribution in [1.29, 1.82) is 0 Å². The Hall–Kier alpha value is -1.94. The van der Waals surface area contributed by atoms with Crippen LogP contribution in [0.3, 0.4) is 0 Å². The summed E-state index contributed by atoms with van der Waals surface area (Å²) in [6, 6.07) is 6.28. The largest absolute Gasteiger partial charge is 0.381 e. The van der Waals surface area contributed by atoms with Crippen molar-refractivity contribution < 1.29 is 13.9 Å². The molecule has 5 rings (SSSR count). The fraction of sp³-hybridized carbons (Fsp3) is 0.625. The second kappa shape index (κ2) is 7.33. The number of hydrogen-bond donors (Lipinski definition) is 2. The van der Waals surface area contributed by atoms with Crippen LogP contribution in [0.4, 0.5) is 4.39 Å². The van der Waals surface area contributed by atoms with Crippen LogP contribution >= 0.6 is 0 Å². The lowest BCUT2D eigenvalue weighted by atomic mass is 9.61. The van der Waals surface area contributed by atoms with Crippen molar-refractivity contribution in [1.82, 2.24) is 10.2 Å². The first-order valence-electron chi connectivity index (χ1n) is 11.1. The number of alkyl halides is 1. The molecule has 3 fully saturated rings. The topological polar surface area (TPSA) is 67.6 Å². The highest BCUT2D eigenvalue weighted by Crippen LogP contribution is 2.60. The minimum Gasteiger partial charge on any atom is -0.381 e. The zero-order valence-electron chi connectivity index (χ0n) is 17.5. The van der Waals surface area contributed by atoms with Crippen LogP contribution in [0.5, 0.6) is 0 Å². The Morgan fingerprint density at radius 3 is 2.73 bits per heavy atom. The molecule has 2 atom stereocenters. The van der Waals surface area contributed by atoms with Crippen molar-refractivity contribution >= 4 is 5.91 Å². The Morgan fingerprint density at radius 2 is 2.07 bits per heavy atom. The summed E-state index contributed by atoms with van der Waals surface area (Å²) in [6.07, 6.45) is 6.29. The van der Waals surface area contributed by atoms with Gasteiger partial charge in [-0.3, -0.25) is 15.8 Å². The van der Waals surface area contributed by atoms with E-state index in [0.717, 1.165) is 43.2 Å². The quantitative estimate of drug-likeness (QED) is 0.750. The Kier molecular flexibility index (Phi) is 4.89. The highest BCUT2D eigenvalue weighted by molar-refractivity contribution is 5.93. The monoisotopic (exact) mass is 411 g/mol. The molecule has 0 aromatic heterocycles. The van der Waals surface area contributed by atoms with Gasteiger partial charge in [-0.05, 0) is 68.2 Å². The van der Waals surface area contributed by atoms with Crippen molar-refractivity contribution in [3.8, 4) is 11.8 Å².